The molecule has 2 aliphatic rings. The molecule has 3 heterocycles. The van der Waals surface area contributed by atoms with Gasteiger partial charge in [-0.25, -0.2) is 0 Å². The van der Waals surface area contributed by atoms with Gasteiger partial charge in [0.1, 0.15) is 0 Å². The van der Waals surface area contributed by atoms with E-state index >= 15 is 0 Å². The zero-order valence-corrected chi connectivity index (χ0v) is 16.0. The Balaban J connectivity index is 0.00000113. The quantitative estimate of drug-likeness (QED) is 0.812. The summed E-state index contributed by atoms with van der Waals surface area (Å²) in [7, 11) is 2.22. The summed E-state index contributed by atoms with van der Waals surface area (Å²) in [6, 6.07) is 13.8. The van der Waals surface area contributed by atoms with Gasteiger partial charge in [0.25, 0.3) is 0 Å². The summed E-state index contributed by atoms with van der Waals surface area (Å²) in [5.74, 6) is 0.130. The summed E-state index contributed by atoms with van der Waals surface area (Å²) in [5.41, 5.74) is 2.99. The normalized spacial score (nSPS) is 18.8. The summed E-state index contributed by atoms with van der Waals surface area (Å²) in [4.78, 5) is 15.4. The van der Waals surface area contributed by atoms with Crippen LogP contribution in [-0.2, 0) is 12.1 Å². The van der Waals surface area contributed by atoms with Crippen molar-refractivity contribution in [1.82, 2.24) is 14.8 Å². The summed E-state index contributed by atoms with van der Waals surface area (Å²) in [6.07, 6.45) is 2.21. The van der Waals surface area contributed by atoms with E-state index in [9.17, 15) is 4.79 Å². The average molecular weight is 382 g/mol. The SMILES string of the molecule is CN1CCn2c(C(=O)c3ccccc3)ccc2C12CCNCC2.Cl.Cl. The molecule has 6 heteroatoms. The zero-order valence-electron chi connectivity index (χ0n) is 14.4. The standard InChI is InChI=1S/C19H23N3O.2ClH/c1-21-13-14-22-16(18(23)15-5-3-2-4-6-15)7-8-17(22)19(21)9-11-20-12-10-19;;/h2-8,20H,9-14H2,1H3;2*1H. The number of halogens is 2. The predicted molar refractivity (Wildman–Crippen MR) is 105 cm³/mol. The predicted octanol–water partition coefficient (Wildman–Crippen LogP) is 3.09. The minimum atomic E-state index is 0. The number of carbonyl (C=O) groups is 1. The van der Waals surface area contributed by atoms with Crippen molar-refractivity contribution < 1.29 is 4.79 Å². The molecule has 1 spiro atoms. The van der Waals surface area contributed by atoms with Crippen LogP contribution in [0.4, 0.5) is 0 Å². The number of fused-ring (bicyclic) bond motifs is 2. The molecular formula is C19H25Cl2N3O. The first-order valence-electron chi connectivity index (χ1n) is 8.44. The molecule has 0 bridgehead atoms. The molecule has 0 radical (unpaired) electrons. The maximum absolute atomic E-state index is 12.9. The first-order chi connectivity index (χ1) is 11.2. The molecule has 25 heavy (non-hydrogen) atoms. The molecule has 0 amide bonds. The number of hydrogen-bond acceptors (Lipinski definition) is 3. The Labute approximate surface area is 161 Å². The van der Waals surface area contributed by atoms with E-state index in [4.69, 9.17) is 0 Å². The van der Waals surface area contributed by atoms with E-state index in [0.717, 1.165) is 50.3 Å². The van der Waals surface area contributed by atoms with Gasteiger partial charge in [0, 0.05) is 24.3 Å². The van der Waals surface area contributed by atoms with Crippen molar-refractivity contribution in [2.24, 2.45) is 0 Å². The summed E-state index contributed by atoms with van der Waals surface area (Å²) in [6.45, 7) is 3.97. The second kappa shape index (κ2) is 7.92. The molecule has 2 aliphatic heterocycles. The number of aromatic nitrogens is 1. The van der Waals surface area contributed by atoms with E-state index in [1.165, 1.54) is 5.69 Å². The van der Waals surface area contributed by atoms with Gasteiger partial charge < -0.3 is 9.88 Å². The number of nitrogens with zero attached hydrogens (tertiary/aromatic N) is 2. The largest absolute Gasteiger partial charge is 0.339 e. The van der Waals surface area contributed by atoms with E-state index in [1.807, 2.05) is 36.4 Å². The average Bonchev–Trinajstić information content (AvgIpc) is 3.04. The van der Waals surface area contributed by atoms with Gasteiger partial charge in [-0.2, -0.15) is 0 Å². The molecule has 1 N–H and O–H groups in total. The Morgan fingerprint density at radius 1 is 1.00 bits per heavy atom. The number of likely N-dealkylation sites (N-methyl/N-ethyl adjacent to an activating group) is 1. The molecule has 0 aliphatic carbocycles. The van der Waals surface area contributed by atoms with Gasteiger partial charge in [-0.1, -0.05) is 30.3 Å². The Morgan fingerprint density at radius 2 is 1.68 bits per heavy atom. The lowest BCUT2D eigenvalue weighted by molar-refractivity contribution is 0.0475. The number of piperidine rings is 1. The molecule has 0 saturated carbocycles. The molecule has 4 rings (SSSR count). The van der Waals surface area contributed by atoms with E-state index in [0.29, 0.717) is 0 Å². The molecule has 1 aromatic carbocycles. The summed E-state index contributed by atoms with van der Waals surface area (Å²) >= 11 is 0. The molecule has 4 nitrogen and oxygen atoms in total. The van der Waals surface area contributed by atoms with E-state index in [1.54, 1.807) is 0 Å². The van der Waals surface area contributed by atoms with Crippen LogP contribution in [0, 0.1) is 0 Å². The molecule has 1 fully saturated rings. The second-order valence-corrected chi connectivity index (χ2v) is 6.65. The third-order valence-electron chi connectivity index (χ3n) is 5.55. The Bertz CT molecular complexity index is 724. The first kappa shape index (κ1) is 20.0. The van der Waals surface area contributed by atoms with Gasteiger partial charge in [-0.05, 0) is 45.1 Å². The highest BCUT2D eigenvalue weighted by Gasteiger charge is 2.43. The maximum Gasteiger partial charge on any atom is 0.209 e. The minimum absolute atomic E-state index is 0. The van der Waals surface area contributed by atoms with Crippen LogP contribution in [0.3, 0.4) is 0 Å². The van der Waals surface area contributed by atoms with Crippen molar-refractivity contribution in [3.05, 3.63) is 59.4 Å². The van der Waals surface area contributed by atoms with Crippen LogP contribution in [0.15, 0.2) is 42.5 Å². The summed E-state index contributed by atoms with van der Waals surface area (Å²) < 4.78 is 2.26. The lowest BCUT2D eigenvalue weighted by Crippen LogP contribution is -2.55. The molecular weight excluding hydrogens is 357 g/mol. The fraction of sp³-hybridized carbons (Fsp3) is 0.421. The lowest BCUT2D eigenvalue weighted by atomic mass is 9.82. The van der Waals surface area contributed by atoms with Crippen molar-refractivity contribution in [3.8, 4) is 0 Å². The number of nitrogens with one attached hydrogen (secondary N) is 1. The minimum Gasteiger partial charge on any atom is -0.339 e. The molecule has 0 unspecified atom stereocenters. The number of benzene rings is 1. The highest BCUT2D eigenvalue weighted by molar-refractivity contribution is 6.08. The zero-order chi connectivity index (χ0) is 15.9. The van der Waals surface area contributed by atoms with Crippen molar-refractivity contribution in [1.29, 1.82) is 0 Å². The van der Waals surface area contributed by atoms with Crippen molar-refractivity contribution >= 4 is 30.6 Å². The van der Waals surface area contributed by atoms with Gasteiger partial charge in [0.05, 0.1) is 11.2 Å². The van der Waals surface area contributed by atoms with Gasteiger partial charge in [-0.15, -0.1) is 24.8 Å². The van der Waals surface area contributed by atoms with Crippen LogP contribution in [0.2, 0.25) is 0 Å². The number of hydrogen-bond donors (Lipinski definition) is 1. The lowest BCUT2D eigenvalue weighted by Gasteiger charge is -2.48. The number of ketones is 1. The smallest absolute Gasteiger partial charge is 0.209 e. The van der Waals surface area contributed by atoms with Crippen LogP contribution < -0.4 is 5.32 Å². The molecule has 1 saturated heterocycles. The van der Waals surface area contributed by atoms with Gasteiger partial charge in [0.15, 0.2) is 0 Å². The third-order valence-corrected chi connectivity index (χ3v) is 5.55. The van der Waals surface area contributed by atoms with Gasteiger partial charge in [-0.3, -0.25) is 9.69 Å². The molecule has 0 atom stereocenters. The van der Waals surface area contributed by atoms with E-state index < -0.39 is 0 Å². The Morgan fingerprint density at radius 3 is 2.36 bits per heavy atom. The van der Waals surface area contributed by atoms with Crippen LogP contribution in [-0.4, -0.2) is 41.9 Å². The van der Waals surface area contributed by atoms with Crippen molar-refractivity contribution in [2.75, 3.05) is 26.7 Å². The Kier molecular flexibility index (Phi) is 6.33. The number of rotatable bonds is 2. The fourth-order valence-corrected chi connectivity index (χ4v) is 4.19. The topological polar surface area (TPSA) is 37.3 Å². The van der Waals surface area contributed by atoms with E-state index in [2.05, 4.69) is 27.9 Å². The number of carbonyl (C=O) groups excluding carboxylic acids is 1. The van der Waals surface area contributed by atoms with E-state index in [-0.39, 0.29) is 36.1 Å². The highest BCUT2D eigenvalue weighted by atomic mass is 35.5. The highest BCUT2D eigenvalue weighted by Crippen LogP contribution is 2.40. The van der Waals surface area contributed by atoms with Crippen molar-refractivity contribution in [2.45, 2.75) is 24.9 Å². The van der Waals surface area contributed by atoms with Crippen LogP contribution >= 0.6 is 24.8 Å². The monoisotopic (exact) mass is 381 g/mol. The summed E-state index contributed by atoms with van der Waals surface area (Å²) in [5, 5.41) is 3.46. The van der Waals surface area contributed by atoms with Gasteiger partial charge in [0.2, 0.25) is 5.78 Å². The molecule has 2 aromatic rings. The van der Waals surface area contributed by atoms with Crippen LogP contribution in [0.5, 0.6) is 0 Å². The fourth-order valence-electron chi connectivity index (χ4n) is 4.19. The first-order valence-corrected chi connectivity index (χ1v) is 8.44. The second-order valence-electron chi connectivity index (χ2n) is 6.65. The molecule has 136 valence electrons. The Hall–Kier alpha value is -1.33. The third kappa shape index (κ3) is 3.24. The van der Waals surface area contributed by atoms with Crippen molar-refractivity contribution in [3.63, 3.8) is 0 Å². The van der Waals surface area contributed by atoms with Gasteiger partial charge >= 0.3 is 0 Å². The molecule has 1 aromatic heterocycles. The van der Waals surface area contributed by atoms with Crippen LogP contribution in [0.25, 0.3) is 0 Å². The maximum atomic E-state index is 12.9. The van der Waals surface area contributed by atoms with Crippen LogP contribution in [0.1, 0.15) is 34.6 Å².